The molecular weight excluding hydrogens is 351 g/mol. The fourth-order valence-electron chi connectivity index (χ4n) is 2.58. The number of nitrogens with zero attached hydrogens (tertiary/aromatic N) is 1. The maximum atomic E-state index is 12.6. The summed E-state index contributed by atoms with van der Waals surface area (Å²) in [5, 5.41) is 3.87. The van der Waals surface area contributed by atoms with E-state index >= 15 is 0 Å². The van der Waals surface area contributed by atoms with Crippen molar-refractivity contribution in [3.63, 3.8) is 0 Å². The molecule has 0 N–H and O–H groups in total. The SMILES string of the molecule is O=C(/C=C/c1ccsc1)N1CCO[C@@H](c2ccc(C(F)(F)F)cc2)C1. The van der Waals surface area contributed by atoms with E-state index in [1.165, 1.54) is 18.2 Å². The lowest BCUT2D eigenvalue weighted by Gasteiger charge is -2.32. The molecule has 1 aromatic heterocycles. The molecule has 0 aliphatic carbocycles. The molecule has 2 aromatic rings. The molecule has 1 saturated heterocycles. The molecule has 1 amide bonds. The lowest BCUT2D eigenvalue weighted by atomic mass is 10.1. The summed E-state index contributed by atoms with van der Waals surface area (Å²) in [5.74, 6) is -0.133. The largest absolute Gasteiger partial charge is 0.416 e. The minimum atomic E-state index is -4.36. The van der Waals surface area contributed by atoms with E-state index in [2.05, 4.69) is 0 Å². The number of rotatable bonds is 3. The highest BCUT2D eigenvalue weighted by Crippen LogP contribution is 2.31. The second-order valence-electron chi connectivity index (χ2n) is 5.65. The lowest BCUT2D eigenvalue weighted by Crippen LogP contribution is -2.41. The van der Waals surface area contributed by atoms with Crippen LogP contribution in [0, 0.1) is 0 Å². The van der Waals surface area contributed by atoms with Gasteiger partial charge in [0.25, 0.3) is 0 Å². The summed E-state index contributed by atoms with van der Waals surface area (Å²) in [4.78, 5) is 13.9. The van der Waals surface area contributed by atoms with Crippen LogP contribution in [0.1, 0.15) is 22.8 Å². The van der Waals surface area contributed by atoms with E-state index in [9.17, 15) is 18.0 Å². The van der Waals surface area contributed by atoms with Gasteiger partial charge in [-0.05, 0) is 46.2 Å². The molecule has 0 spiro atoms. The summed E-state index contributed by atoms with van der Waals surface area (Å²) >= 11 is 1.55. The Hall–Kier alpha value is -2.12. The van der Waals surface area contributed by atoms with E-state index in [1.54, 1.807) is 22.3 Å². The minimum Gasteiger partial charge on any atom is -0.370 e. The second-order valence-corrected chi connectivity index (χ2v) is 6.43. The van der Waals surface area contributed by atoms with Crippen LogP contribution in [0.15, 0.2) is 47.2 Å². The van der Waals surface area contributed by atoms with Gasteiger partial charge in [-0.3, -0.25) is 4.79 Å². The molecule has 1 aliphatic rings. The predicted molar refractivity (Wildman–Crippen MR) is 90.1 cm³/mol. The molecule has 1 atom stereocenters. The summed E-state index contributed by atoms with van der Waals surface area (Å²) in [7, 11) is 0. The van der Waals surface area contributed by atoms with Gasteiger partial charge >= 0.3 is 6.18 Å². The zero-order valence-corrected chi connectivity index (χ0v) is 14.0. The number of thiophene rings is 1. The Morgan fingerprint density at radius 2 is 2.00 bits per heavy atom. The van der Waals surface area contributed by atoms with Crippen LogP contribution in [0.4, 0.5) is 13.2 Å². The number of amides is 1. The highest BCUT2D eigenvalue weighted by atomic mass is 32.1. The molecule has 0 radical (unpaired) electrons. The Balaban J connectivity index is 1.65. The number of hydrogen-bond acceptors (Lipinski definition) is 3. The third-order valence-corrected chi connectivity index (χ3v) is 4.65. The number of morpholine rings is 1. The smallest absolute Gasteiger partial charge is 0.370 e. The van der Waals surface area contributed by atoms with Gasteiger partial charge in [0.15, 0.2) is 0 Å². The van der Waals surface area contributed by atoms with E-state index in [4.69, 9.17) is 4.74 Å². The van der Waals surface area contributed by atoms with Crippen LogP contribution in [0.25, 0.3) is 6.08 Å². The van der Waals surface area contributed by atoms with Crippen molar-refractivity contribution >= 4 is 23.3 Å². The maximum Gasteiger partial charge on any atom is 0.416 e. The molecule has 132 valence electrons. The van der Waals surface area contributed by atoms with Gasteiger partial charge in [-0.1, -0.05) is 12.1 Å². The number of carbonyl (C=O) groups is 1. The van der Waals surface area contributed by atoms with Gasteiger partial charge in [0.2, 0.25) is 5.91 Å². The van der Waals surface area contributed by atoms with Gasteiger partial charge in [0.1, 0.15) is 6.10 Å². The average Bonchev–Trinajstić information content (AvgIpc) is 3.13. The summed E-state index contributed by atoms with van der Waals surface area (Å²) in [5.41, 5.74) is 0.900. The number of halogens is 3. The molecule has 0 saturated carbocycles. The van der Waals surface area contributed by atoms with Crippen molar-refractivity contribution in [2.75, 3.05) is 19.7 Å². The van der Waals surface area contributed by atoms with Crippen molar-refractivity contribution in [3.05, 3.63) is 63.9 Å². The average molecular weight is 367 g/mol. The Kier molecular flexibility index (Phi) is 5.24. The van der Waals surface area contributed by atoms with Gasteiger partial charge in [0, 0.05) is 12.6 Å². The lowest BCUT2D eigenvalue weighted by molar-refractivity contribution is -0.137. The van der Waals surface area contributed by atoms with Gasteiger partial charge < -0.3 is 9.64 Å². The van der Waals surface area contributed by atoms with Crippen molar-refractivity contribution < 1.29 is 22.7 Å². The van der Waals surface area contributed by atoms with Crippen LogP contribution in [0.5, 0.6) is 0 Å². The molecule has 1 aliphatic heterocycles. The van der Waals surface area contributed by atoms with E-state index < -0.39 is 17.8 Å². The normalized spacial score (nSPS) is 18.7. The first-order valence-corrected chi connectivity index (χ1v) is 8.66. The molecular formula is C18H16F3NO2S. The van der Waals surface area contributed by atoms with Crippen molar-refractivity contribution in [1.82, 2.24) is 4.90 Å². The summed E-state index contributed by atoms with van der Waals surface area (Å²) in [6, 6.07) is 6.80. The molecule has 1 aromatic carbocycles. The predicted octanol–water partition coefficient (Wildman–Crippen LogP) is 4.38. The standard InChI is InChI=1S/C18H16F3NO2S/c19-18(20,21)15-4-2-14(3-5-15)16-11-22(8-9-24-16)17(23)6-1-13-7-10-25-12-13/h1-7,10,12,16H,8-9,11H2/b6-1+/t16-/m1/s1. The quantitative estimate of drug-likeness (QED) is 0.754. The molecule has 0 bridgehead atoms. The van der Waals surface area contributed by atoms with Gasteiger partial charge in [-0.15, -0.1) is 0 Å². The molecule has 1 fully saturated rings. The fraction of sp³-hybridized carbons (Fsp3) is 0.278. The number of carbonyl (C=O) groups excluding carboxylic acids is 1. The molecule has 3 nitrogen and oxygen atoms in total. The van der Waals surface area contributed by atoms with E-state index in [0.29, 0.717) is 25.3 Å². The van der Waals surface area contributed by atoms with Crippen LogP contribution in [0.3, 0.4) is 0 Å². The first-order valence-electron chi connectivity index (χ1n) is 7.71. The third kappa shape index (κ3) is 4.49. The van der Waals surface area contributed by atoms with Crippen LogP contribution >= 0.6 is 11.3 Å². The topological polar surface area (TPSA) is 29.5 Å². The zero-order valence-electron chi connectivity index (χ0n) is 13.2. The molecule has 25 heavy (non-hydrogen) atoms. The maximum absolute atomic E-state index is 12.6. The summed E-state index contributed by atoms with van der Waals surface area (Å²) < 4.78 is 43.5. The second kappa shape index (κ2) is 7.41. The Bertz CT molecular complexity index is 739. The number of alkyl halides is 3. The summed E-state index contributed by atoms with van der Waals surface area (Å²) in [6.45, 7) is 1.13. The van der Waals surface area contributed by atoms with E-state index in [0.717, 1.165) is 17.7 Å². The number of hydrogen-bond donors (Lipinski definition) is 0. The minimum absolute atomic E-state index is 0.133. The van der Waals surface area contributed by atoms with Crippen LogP contribution in [-0.2, 0) is 15.7 Å². The Morgan fingerprint density at radius 1 is 1.24 bits per heavy atom. The van der Waals surface area contributed by atoms with Gasteiger partial charge in [-0.2, -0.15) is 24.5 Å². The van der Waals surface area contributed by atoms with Crippen LogP contribution in [-0.4, -0.2) is 30.5 Å². The molecule has 7 heteroatoms. The summed E-state index contributed by atoms with van der Waals surface area (Å²) in [6.07, 6.45) is -1.52. The molecule has 2 heterocycles. The fourth-order valence-corrected chi connectivity index (χ4v) is 3.21. The highest BCUT2D eigenvalue weighted by Gasteiger charge is 2.31. The first-order chi connectivity index (χ1) is 11.9. The Labute approximate surface area is 147 Å². The van der Waals surface area contributed by atoms with Crippen molar-refractivity contribution in [2.24, 2.45) is 0 Å². The first kappa shape index (κ1) is 17.7. The van der Waals surface area contributed by atoms with E-state index in [1.807, 2.05) is 16.8 Å². The molecule has 3 rings (SSSR count). The highest BCUT2D eigenvalue weighted by molar-refractivity contribution is 7.08. The van der Waals surface area contributed by atoms with Crippen molar-refractivity contribution in [3.8, 4) is 0 Å². The van der Waals surface area contributed by atoms with Crippen LogP contribution in [0.2, 0.25) is 0 Å². The zero-order chi connectivity index (χ0) is 17.9. The van der Waals surface area contributed by atoms with E-state index in [-0.39, 0.29) is 5.91 Å². The van der Waals surface area contributed by atoms with Gasteiger partial charge in [0.05, 0.1) is 18.7 Å². The number of ether oxygens (including phenoxy) is 1. The van der Waals surface area contributed by atoms with Crippen LogP contribution < -0.4 is 0 Å². The monoisotopic (exact) mass is 367 g/mol. The van der Waals surface area contributed by atoms with Crippen molar-refractivity contribution in [2.45, 2.75) is 12.3 Å². The number of benzene rings is 1. The van der Waals surface area contributed by atoms with Gasteiger partial charge in [-0.25, -0.2) is 0 Å². The molecule has 0 unspecified atom stereocenters. The van der Waals surface area contributed by atoms with Crippen molar-refractivity contribution in [1.29, 1.82) is 0 Å². The Morgan fingerprint density at radius 3 is 2.64 bits per heavy atom. The third-order valence-electron chi connectivity index (χ3n) is 3.95.